The van der Waals surface area contributed by atoms with Crippen LogP contribution in [-0.2, 0) is 0 Å². The second-order valence-electron chi connectivity index (χ2n) is 7.45. The first kappa shape index (κ1) is 12.7. The van der Waals surface area contributed by atoms with Crippen LogP contribution in [0, 0.1) is 5.92 Å². The number of hydrogen-bond acceptors (Lipinski definition) is 0. The molecule has 0 N–H and O–H groups in total. The number of piperidine rings is 1. The smallest absolute Gasteiger partial charge is 0.118 e. The lowest BCUT2D eigenvalue weighted by atomic mass is 9.71. The molecule has 1 heteroatoms. The Morgan fingerprint density at radius 3 is 2.89 bits per heavy atom. The summed E-state index contributed by atoms with van der Waals surface area (Å²) in [5, 5.41) is 0. The maximum Gasteiger partial charge on any atom is 0.118 e. The van der Waals surface area contributed by atoms with Gasteiger partial charge in [0.05, 0.1) is 20.1 Å². The van der Waals surface area contributed by atoms with E-state index in [9.17, 15) is 0 Å². The van der Waals surface area contributed by atoms with Crippen LogP contribution in [0.15, 0.2) is 11.1 Å². The van der Waals surface area contributed by atoms with E-state index in [1.54, 1.807) is 0 Å². The zero-order chi connectivity index (χ0) is 12.8. The molecule has 1 saturated heterocycles. The Kier molecular flexibility index (Phi) is 3.09. The van der Waals surface area contributed by atoms with Gasteiger partial charge in [0.1, 0.15) is 5.54 Å². The summed E-state index contributed by atoms with van der Waals surface area (Å²) in [7, 11) is 2.56. The van der Waals surface area contributed by atoms with E-state index in [-0.39, 0.29) is 0 Å². The molecule has 0 radical (unpaired) electrons. The van der Waals surface area contributed by atoms with Gasteiger partial charge in [-0.3, -0.25) is 0 Å². The highest BCUT2D eigenvalue weighted by Crippen LogP contribution is 2.51. The maximum atomic E-state index is 2.59. The second-order valence-corrected chi connectivity index (χ2v) is 7.45. The average Bonchev–Trinajstić information content (AvgIpc) is 2.81. The van der Waals surface area contributed by atoms with E-state index in [2.05, 4.69) is 20.9 Å². The van der Waals surface area contributed by atoms with E-state index < -0.39 is 0 Å². The molecule has 1 nitrogen and oxygen atoms in total. The molecule has 0 aromatic carbocycles. The third kappa shape index (κ3) is 1.70. The molecule has 2 heterocycles. The molecule has 0 aromatic heterocycles. The minimum absolute atomic E-state index is 0.508. The highest BCUT2D eigenvalue weighted by Gasteiger charge is 2.54. The second kappa shape index (κ2) is 4.37. The predicted octanol–water partition coefficient (Wildman–Crippen LogP) is 4.29. The molecule has 0 bridgehead atoms. The van der Waals surface area contributed by atoms with Crippen molar-refractivity contribution in [1.82, 2.24) is 0 Å². The number of hydrogen-bond donors (Lipinski definition) is 0. The number of quaternary nitrogens is 1. The molecule has 1 unspecified atom stereocenters. The van der Waals surface area contributed by atoms with Crippen molar-refractivity contribution < 1.29 is 4.48 Å². The SMILES string of the molecule is CCC[C@@H]1CC[C@]2(C)C3=C(CCC3)CC[N+]2(C)C1. The van der Waals surface area contributed by atoms with E-state index in [0.717, 1.165) is 5.92 Å². The predicted molar refractivity (Wildman–Crippen MR) is 77.4 cm³/mol. The highest BCUT2D eigenvalue weighted by atomic mass is 15.4. The van der Waals surface area contributed by atoms with E-state index in [1.807, 2.05) is 11.1 Å². The molecule has 0 aromatic rings. The normalized spacial score (nSPS) is 43.8. The third-order valence-electron chi connectivity index (χ3n) is 6.48. The fourth-order valence-corrected chi connectivity index (χ4v) is 5.19. The largest absolute Gasteiger partial charge is 0.317 e. The fourth-order valence-electron chi connectivity index (χ4n) is 5.19. The summed E-state index contributed by atoms with van der Waals surface area (Å²) < 4.78 is 1.36. The molecule has 0 amide bonds. The molecule has 0 saturated carbocycles. The summed E-state index contributed by atoms with van der Waals surface area (Å²) in [6.07, 6.45) is 11.4. The molecule has 0 spiro atoms. The highest BCUT2D eigenvalue weighted by molar-refractivity contribution is 5.30. The lowest BCUT2D eigenvalue weighted by molar-refractivity contribution is -0.961. The van der Waals surface area contributed by atoms with Gasteiger partial charge in [0.25, 0.3) is 0 Å². The summed E-state index contributed by atoms with van der Waals surface area (Å²) >= 11 is 0. The van der Waals surface area contributed by atoms with Crippen molar-refractivity contribution in [3.63, 3.8) is 0 Å². The van der Waals surface area contributed by atoms with Gasteiger partial charge in [-0.25, -0.2) is 0 Å². The molecule has 3 aliphatic rings. The summed E-state index contributed by atoms with van der Waals surface area (Å²) in [6, 6.07) is 0. The van der Waals surface area contributed by atoms with Gasteiger partial charge in [-0.05, 0) is 44.6 Å². The van der Waals surface area contributed by atoms with Crippen molar-refractivity contribution in [1.29, 1.82) is 0 Å². The zero-order valence-corrected chi connectivity index (χ0v) is 12.6. The first-order valence-corrected chi connectivity index (χ1v) is 8.15. The molecule has 3 rings (SSSR count). The summed E-state index contributed by atoms with van der Waals surface area (Å²) in [5.41, 5.74) is 4.27. The van der Waals surface area contributed by atoms with Crippen LogP contribution in [0.5, 0.6) is 0 Å². The van der Waals surface area contributed by atoms with Crippen LogP contribution < -0.4 is 0 Å². The summed E-state index contributed by atoms with van der Waals surface area (Å²) in [6.45, 7) is 7.80. The molecular formula is C17H30N+. The van der Waals surface area contributed by atoms with Gasteiger partial charge in [0, 0.05) is 18.8 Å². The summed E-state index contributed by atoms with van der Waals surface area (Å²) in [4.78, 5) is 0. The maximum absolute atomic E-state index is 2.59. The van der Waals surface area contributed by atoms with E-state index in [0.29, 0.717) is 5.54 Å². The Labute approximate surface area is 113 Å². The van der Waals surface area contributed by atoms with Crippen LogP contribution in [-0.4, -0.2) is 30.2 Å². The van der Waals surface area contributed by atoms with Crippen molar-refractivity contribution in [3.05, 3.63) is 11.1 Å². The molecule has 18 heavy (non-hydrogen) atoms. The molecule has 1 fully saturated rings. The monoisotopic (exact) mass is 248 g/mol. The van der Waals surface area contributed by atoms with Crippen LogP contribution in [0.4, 0.5) is 0 Å². The van der Waals surface area contributed by atoms with Crippen LogP contribution >= 0.6 is 0 Å². The van der Waals surface area contributed by atoms with Gasteiger partial charge in [0.15, 0.2) is 0 Å². The number of nitrogens with zero attached hydrogens (tertiary/aromatic N) is 1. The topological polar surface area (TPSA) is 0 Å². The first-order valence-electron chi connectivity index (χ1n) is 8.15. The Balaban J connectivity index is 1.89. The van der Waals surface area contributed by atoms with Crippen LogP contribution in [0.3, 0.4) is 0 Å². The number of likely N-dealkylation sites (N-methyl/N-ethyl adjacent to an activating group) is 1. The number of fused-ring (bicyclic) bond motifs is 2. The van der Waals surface area contributed by atoms with Crippen molar-refractivity contribution in [3.8, 4) is 0 Å². The third-order valence-corrected chi connectivity index (χ3v) is 6.48. The molecular weight excluding hydrogens is 218 g/mol. The average molecular weight is 248 g/mol. The van der Waals surface area contributed by atoms with Crippen LogP contribution in [0.1, 0.15) is 65.2 Å². The van der Waals surface area contributed by atoms with Gasteiger partial charge in [-0.2, -0.15) is 0 Å². The van der Waals surface area contributed by atoms with E-state index in [1.165, 1.54) is 68.9 Å². The molecule has 1 aliphatic carbocycles. The quantitative estimate of drug-likeness (QED) is 0.505. The van der Waals surface area contributed by atoms with Gasteiger partial charge >= 0.3 is 0 Å². The lowest BCUT2D eigenvalue weighted by Crippen LogP contribution is -2.67. The van der Waals surface area contributed by atoms with Crippen molar-refractivity contribution in [2.24, 2.45) is 5.92 Å². The van der Waals surface area contributed by atoms with E-state index >= 15 is 0 Å². The Bertz CT molecular complexity index is 370. The Morgan fingerprint density at radius 2 is 2.11 bits per heavy atom. The molecule has 2 aliphatic heterocycles. The minimum atomic E-state index is 0.508. The zero-order valence-electron chi connectivity index (χ0n) is 12.6. The number of rotatable bonds is 2. The van der Waals surface area contributed by atoms with Crippen LogP contribution in [0.2, 0.25) is 0 Å². The molecule has 3 atom stereocenters. The Hall–Kier alpha value is -0.300. The van der Waals surface area contributed by atoms with Crippen molar-refractivity contribution in [2.45, 2.75) is 70.8 Å². The first-order chi connectivity index (χ1) is 8.59. The van der Waals surface area contributed by atoms with Gasteiger partial charge in [0.2, 0.25) is 0 Å². The van der Waals surface area contributed by atoms with Crippen molar-refractivity contribution in [2.75, 3.05) is 20.1 Å². The standard InChI is InChI=1S/C17H30N/c1-4-6-14-9-11-17(2)16-8-5-7-15(16)10-12-18(17,3)13-14/h14H,4-13H2,1-3H3/q+1/t14-,17-,18?/m1/s1. The van der Waals surface area contributed by atoms with Gasteiger partial charge in [-0.15, -0.1) is 0 Å². The van der Waals surface area contributed by atoms with Crippen LogP contribution in [0.25, 0.3) is 0 Å². The lowest BCUT2D eigenvalue weighted by Gasteiger charge is -2.57. The Morgan fingerprint density at radius 1 is 1.28 bits per heavy atom. The van der Waals surface area contributed by atoms with E-state index in [4.69, 9.17) is 0 Å². The van der Waals surface area contributed by atoms with Gasteiger partial charge in [-0.1, -0.05) is 18.9 Å². The summed E-state index contributed by atoms with van der Waals surface area (Å²) in [5.74, 6) is 0.997. The molecule has 102 valence electrons. The minimum Gasteiger partial charge on any atom is -0.317 e. The van der Waals surface area contributed by atoms with Crippen molar-refractivity contribution >= 4 is 0 Å². The van der Waals surface area contributed by atoms with Gasteiger partial charge < -0.3 is 4.48 Å². The fraction of sp³-hybridized carbons (Fsp3) is 0.882.